The summed E-state index contributed by atoms with van der Waals surface area (Å²) in [5.74, 6) is 0.437. The Balaban J connectivity index is 2.22. The summed E-state index contributed by atoms with van der Waals surface area (Å²) in [5, 5.41) is 10.6. The average Bonchev–Trinajstić information content (AvgIpc) is 2.61. The van der Waals surface area contributed by atoms with Crippen LogP contribution in [0.15, 0.2) is 42.5 Å². The van der Waals surface area contributed by atoms with Crippen LogP contribution in [-0.2, 0) is 4.74 Å². The molecule has 0 aliphatic rings. The van der Waals surface area contributed by atoms with Gasteiger partial charge in [0, 0.05) is 23.3 Å². The molecule has 5 nitrogen and oxygen atoms in total. The SMILES string of the molecule is COCCOc1ccc(C(=O)C(O)c2ccccc2Cl)cc1OC. The fourth-order valence-corrected chi connectivity index (χ4v) is 2.41. The summed E-state index contributed by atoms with van der Waals surface area (Å²) in [6.45, 7) is 0.803. The van der Waals surface area contributed by atoms with Gasteiger partial charge in [-0.25, -0.2) is 0 Å². The minimum atomic E-state index is -1.34. The summed E-state index contributed by atoms with van der Waals surface area (Å²) in [6, 6.07) is 11.4. The first kappa shape index (κ1) is 18.3. The smallest absolute Gasteiger partial charge is 0.196 e. The van der Waals surface area contributed by atoms with E-state index < -0.39 is 11.9 Å². The van der Waals surface area contributed by atoms with Crippen LogP contribution in [0.3, 0.4) is 0 Å². The van der Waals surface area contributed by atoms with Crippen molar-refractivity contribution >= 4 is 17.4 Å². The Morgan fingerprint density at radius 2 is 1.88 bits per heavy atom. The van der Waals surface area contributed by atoms with Crippen molar-refractivity contribution in [2.75, 3.05) is 27.4 Å². The van der Waals surface area contributed by atoms with Crippen LogP contribution in [0.2, 0.25) is 5.02 Å². The van der Waals surface area contributed by atoms with Gasteiger partial charge >= 0.3 is 0 Å². The second-order valence-electron chi connectivity index (χ2n) is 5.00. The number of ketones is 1. The molecule has 128 valence electrons. The minimum absolute atomic E-state index is 0.304. The van der Waals surface area contributed by atoms with Crippen LogP contribution < -0.4 is 9.47 Å². The van der Waals surface area contributed by atoms with Crippen LogP contribution in [0.5, 0.6) is 11.5 Å². The Kier molecular flexibility index (Phi) is 6.61. The maximum absolute atomic E-state index is 12.5. The molecule has 1 atom stereocenters. The van der Waals surface area contributed by atoms with Crippen LogP contribution in [-0.4, -0.2) is 38.3 Å². The van der Waals surface area contributed by atoms with Gasteiger partial charge in [-0.05, 0) is 24.3 Å². The summed E-state index contributed by atoms with van der Waals surface area (Å²) < 4.78 is 15.7. The van der Waals surface area contributed by atoms with Gasteiger partial charge in [-0.1, -0.05) is 29.8 Å². The van der Waals surface area contributed by atoms with Crippen molar-refractivity contribution in [1.82, 2.24) is 0 Å². The molecule has 0 heterocycles. The lowest BCUT2D eigenvalue weighted by Gasteiger charge is -2.14. The summed E-state index contributed by atoms with van der Waals surface area (Å²) in [6.07, 6.45) is -1.34. The molecule has 6 heteroatoms. The van der Waals surface area contributed by atoms with E-state index in [1.807, 2.05) is 0 Å². The van der Waals surface area contributed by atoms with Gasteiger partial charge in [-0.2, -0.15) is 0 Å². The highest BCUT2D eigenvalue weighted by Gasteiger charge is 2.22. The molecule has 0 saturated carbocycles. The average molecular weight is 351 g/mol. The molecule has 24 heavy (non-hydrogen) atoms. The zero-order valence-electron chi connectivity index (χ0n) is 13.5. The van der Waals surface area contributed by atoms with Crippen LogP contribution in [0, 0.1) is 0 Å². The quantitative estimate of drug-likeness (QED) is 0.584. The van der Waals surface area contributed by atoms with E-state index in [4.69, 9.17) is 25.8 Å². The molecule has 0 spiro atoms. The van der Waals surface area contributed by atoms with Crippen molar-refractivity contribution < 1.29 is 24.1 Å². The van der Waals surface area contributed by atoms with E-state index in [0.717, 1.165) is 0 Å². The lowest BCUT2D eigenvalue weighted by atomic mass is 9.99. The van der Waals surface area contributed by atoms with Crippen molar-refractivity contribution in [1.29, 1.82) is 0 Å². The number of ether oxygens (including phenoxy) is 3. The van der Waals surface area contributed by atoms with Crippen molar-refractivity contribution in [3.05, 3.63) is 58.6 Å². The minimum Gasteiger partial charge on any atom is -0.493 e. The van der Waals surface area contributed by atoms with Crippen molar-refractivity contribution in [2.24, 2.45) is 0 Å². The highest BCUT2D eigenvalue weighted by Crippen LogP contribution is 2.31. The first-order valence-corrected chi connectivity index (χ1v) is 7.72. The Morgan fingerprint density at radius 3 is 2.54 bits per heavy atom. The second kappa shape index (κ2) is 8.68. The van der Waals surface area contributed by atoms with Crippen LogP contribution in [0.1, 0.15) is 22.0 Å². The zero-order chi connectivity index (χ0) is 17.5. The number of halogens is 1. The summed E-state index contributed by atoms with van der Waals surface area (Å²) >= 11 is 6.04. The Hall–Kier alpha value is -2.08. The Bertz CT molecular complexity index is 702. The molecule has 0 saturated heterocycles. The number of rotatable bonds is 8. The molecule has 0 aromatic heterocycles. The molecule has 0 aliphatic heterocycles. The largest absolute Gasteiger partial charge is 0.493 e. The molecule has 2 aromatic carbocycles. The molecule has 0 bridgehead atoms. The maximum atomic E-state index is 12.5. The van der Waals surface area contributed by atoms with E-state index in [-0.39, 0.29) is 0 Å². The summed E-state index contributed by atoms with van der Waals surface area (Å²) in [7, 11) is 3.07. The summed E-state index contributed by atoms with van der Waals surface area (Å²) in [5.41, 5.74) is 0.668. The highest BCUT2D eigenvalue weighted by atomic mass is 35.5. The molecule has 1 unspecified atom stereocenters. The number of carbonyl (C=O) groups excluding carboxylic acids is 1. The number of carbonyl (C=O) groups is 1. The number of benzene rings is 2. The third-order valence-electron chi connectivity index (χ3n) is 3.44. The number of Topliss-reactive ketones (excluding diaryl/α,β-unsaturated/α-hetero) is 1. The van der Waals surface area contributed by atoms with Crippen molar-refractivity contribution in [3.8, 4) is 11.5 Å². The summed E-state index contributed by atoms with van der Waals surface area (Å²) in [4.78, 5) is 12.5. The van der Waals surface area contributed by atoms with E-state index in [2.05, 4.69) is 0 Å². The monoisotopic (exact) mass is 350 g/mol. The van der Waals surface area contributed by atoms with Crippen LogP contribution in [0.4, 0.5) is 0 Å². The number of aliphatic hydroxyl groups is 1. The first-order chi connectivity index (χ1) is 11.6. The van der Waals surface area contributed by atoms with Crippen LogP contribution in [0.25, 0.3) is 0 Å². The fourth-order valence-electron chi connectivity index (χ4n) is 2.17. The highest BCUT2D eigenvalue weighted by molar-refractivity contribution is 6.31. The molecule has 2 aromatic rings. The molecule has 0 fully saturated rings. The van der Waals surface area contributed by atoms with E-state index in [9.17, 15) is 9.90 Å². The Labute approximate surface area is 145 Å². The van der Waals surface area contributed by atoms with Gasteiger partial charge in [0.2, 0.25) is 0 Å². The molecular weight excluding hydrogens is 332 g/mol. The third kappa shape index (κ3) is 4.26. The number of hydrogen-bond acceptors (Lipinski definition) is 5. The molecule has 2 rings (SSSR count). The van der Waals surface area contributed by atoms with Crippen molar-refractivity contribution in [2.45, 2.75) is 6.10 Å². The molecule has 0 amide bonds. The van der Waals surface area contributed by atoms with E-state index in [1.54, 1.807) is 43.5 Å². The predicted octanol–water partition coefficient (Wildman–Crippen LogP) is 3.29. The molecule has 1 N–H and O–H groups in total. The Morgan fingerprint density at radius 1 is 1.12 bits per heavy atom. The molecule has 0 aliphatic carbocycles. The van der Waals surface area contributed by atoms with Gasteiger partial charge < -0.3 is 19.3 Å². The predicted molar refractivity (Wildman–Crippen MR) is 91.1 cm³/mol. The zero-order valence-corrected chi connectivity index (χ0v) is 14.2. The van der Waals surface area contributed by atoms with Gasteiger partial charge in [0.1, 0.15) is 12.7 Å². The number of hydrogen-bond donors (Lipinski definition) is 1. The van der Waals surface area contributed by atoms with Gasteiger partial charge in [0.15, 0.2) is 17.3 Å². The fraction of sp³-hybridized carbons (Fsp3) is 0.278. The lowest BCUT2D eigenvalue weighted by Crippen LogP contribution is -2.13. The van der Waals surface area contributed by atoms with Gasteiger partial charge in [0.05, 0.1) is 13.7 Å². The number of aliphatic hydroxyl groups excluding tert-OH is 1. The normalized spacial score (nSPS) is 11.8. The lowest BCUT2D eigenvalue weighted by molar-refractivity contribution is 0.0747. The van der Waals surface area contributed by atoms with E-state index in [0.29, 0.717) is 40.9 Å². The third-order valence-corrected chi connectivity index (χ3v) is 3.79. The van der Waals surface area contributed by atoms with E-state index >= 15 is 0 Å². The molecule has 0 radical (unpaired) electrons. The van der Waals surface area contributed by atoms with Crippen LogP contribution >= 0.6 is 11.6 Å². The maximum Gasteiger partial charge on any atom is 0.196 e. The standard InChI is InChI=1S/C18H19ClO5/c1-22-9-10-24-15-8-7-12(11-16(15)23-2)17(20)18(21)13-5-3-4-6-14(13)19/h3-8,11,18,21H,9-10H2,1-2H3. The second-order valence-corrected chi connectivity index (χ2v) is 5.40. The molecular formula is C18H19ClO5. The number of methoxy groups -OCH3 is 2. The van der Waals surface area contributed by atoms with Gasteiger partial charge in [0.25, 0.3) is 0 Å². The van der Waals surface area contributed by atoms with Gasteiger partial charge in [-0.15, -0.1) is 0 Å². The topological polar surface area (TPSA) is 65.0 Å². The van der Waals surface area contributed by atoms with Gasteiger partial charge in [-0.3, -0.25) is 4.79 Å². The first-order valence-electron chi connectivity index (χ1n) is 7.35. The van der Waals surface area contributed by atoms with Crippen molar-refractivity contribution in [3.63, 3.8) is 0 Å². The van der Waals surface area contributed by atoms with E-state index in [1.165, 1.54) is 13.2 Å².